The molecule has 0 aromatic rings. The Morgan fingerprint density at radius 2 is 2.25 bits per heavy atom. The highest BCUT2D eigenvalue weighted by Crippen LogP contribution is 1.92. The molecule has 0 aromatic heterocycles. The van der Waals surface area contributed by atoms with Crippen molar-refractivity contribution < 1.29 is 4.74 Å². The van der Waals surface area contributed by atoms with Crippen molar-refractivity contribution in [2.24, 2.45) is 5.73 Å². The smallest absolute Gasteiger partial charge is 0.0729 e. The third-order valence-electron chi connectivity index (χ3n) is 1.19. The fourth-order valence-electron chi connectivity index (χ4n) is 0.349. The van der Waals surface area contributed by atoms with E-state index in [1.807, 2.05) is 6.92 Å². The van der Waals surface area contributed by atoms with Crippen LogP contribution in [0.3, 0.4) is 0 Å². The van der Waals surface area contributed by atoms with Gasteiger partial charge >= 0.3 is 0 Å². The Bertz CT molecular complexity index is 72.9. The van der Waals surface area contributed by atoms with Crippen molar-refractivity contribution in [3.63, 3.8) is 0 Å². The van der Waals surface area contributed by atoms with E-state index >= 15 is 0 Å². The quantitative estimate of drug-likeness (QED) is 0.545. The van der Waals surface area contributed by atoms with Crippen LogP contribution in [0, 0.1) is 0 Å². The van der Waals surface area contributed by atoms with E-state index in [4.69, 9.17) is 10.5 Å². The average molecular weight is 115 g/mol. The van der Waals surface area contributed by atoms with E-state index in [0.717, 1.165) is 0 Å². The lowest BCUT2D eigenvalue weighted by Crippen LogP contribution is -2.31. The van der Waals surface area contributed by atoms with E-state index in [0.29, 0.717) is 0 Å². The Kier molecular flexibility index (Phi) is 3.48. The minimum atomic E-state index is -0.0417. The molecule has 0 fully saturated rings. The van der Waals surface area contributed by atoms with Crippen LogP contribution in [-0.4, -0.2) is 19.3 Å². The van der Waals surface area contributed by atoms with Crippen LogP contribution in [0.5, 0.6) is 0 Å². The fraction of sp³-hybridized carbons (Fsp3) is 0.667. The van der Waals surface area contributed by atoms with Crippen molar-refractivity contribution in [1.29, 1.82) is 0 Å². The molecule has 0 aliphatic carbocycles. The van der Waals surface area contributed by atoms with Crippen molar-refractivity contribution in [3.05, 3.63) is 12.7 Å². The number of ether oxygens (including phenoxy) is 1. The molecular formula is C6H13NO. The maximum Gasteiger partial charge on any atom is 0.0729 e. The SMILES string of the molecule is C=CC(N)C(C)OC. The summed E-state index contributed by atoms with van der Waals surface area (Å²) in [5.41, 5.74) is 5.48. The molecule has 0 aliphatic heterocycles. The normalized spacial score (nSPS) is 17.4. The molecule has 0 aliphatic rings. The van der Waals surface area contributed by atoms with E-state index in [2.05, 4.69) is 6.58 Å². The van der Waals surface area contributed by atoms with E-state index in [-0.39, 0.29) is 12.1 Å². The van der Waals surface area contributed by atoms with Crippen molar-refractivity contribution in [1.82, 2.24) is 0 Å². The summed E-state index contributed by atoms with van der Waals surface area (Å²) in [4.78, 5) is 0. The van der Waals surface area contributed by atoms with E-state index < -0.39 is 0 Å². The number of nitrogens with two attached hydrogens (primary N) is 1. The predicted octanol–water partition coefficient (Wildman–Crippen LogP) is 0.535. The molecule has 2 nitrogen and oxygen atoms in total. The Morgan fingerprint density at radius 1 is 1.75 bits per heavy atom. The molecular weight excluding hydrogens is 102 g/mol. The molecule has 0 bridgehead atoms. The zero-order valence-corrected chi connectivity index (χ0v) is 5.42. The molecule has 0 saturated heterocycles. The molecule has 0 rings (SSSR count). The molecule has 2 unspecified atom stereocenters. The first-order valence-electron chi connectivity index (χ1n) is 2.63. The van der Waals surface area contributed by atoms with Gasteiger partial charge in [-0.15, -0.1) is 6.58 Å². The van der Waals surface area contributed by atoms with Gasteiger partial charge in [0.2, 0.25) is 0 Å². The lowest BCUT2D eigenvalue weighted by Gasteiger charge is -2.12. The zero-order valence-electron chi connectivity index (χ0n) is 5.42. The van der Waals surface area contributed by atoms with Crippen LogP contribution in [0.1, 0.15) is 6.92 Å². The highest BCUT2D eigenvalue weighted by atomic mass is 16.5. The van der Waals surface area contributed by atoms with Gasteiger partial charge in [-0.3, -0.25) is 0 Å². The van der Waals surface area contributed by atoms with Gasteiger partial charge in [-0.2, -0.15) is 0 Å². The standard InChI is InChI=1S/C6H13NO/c1-4-6(7)5(2)8-3/h4-6H,1,7H2,2-3H3. The second-order valence-corrected chi connectivity index (χ2v) is 1.75. The first kappa shape index (κ1) is 7.66. The minimum absolute atomic E-state index is 0.0417. The summed E-state index contributed by atoms with van der Waals surface area (Å²) in [6.45, 7) is 5.43. The molecule has 0 spiro atoms. The first-order valence-corrected chi connectivity index (χ1v) is 2.63. The van der Waals surface area contributed by atoms with E-state index in [1.54, 1.807) is 13.2 Å². The van der Waals surface area contributed by atoms with Gasteiger partial charge in [0.05, 0.1) is 6.10 Å². The van der Waals surface area contributed by atoms with Crippen LogP contribution in [0.25, 0.3) is 0 Å². The van der Waals surface area contributed by atoms with E-state index in [9.17, 15) is 0 Å². The molecule has 2 atom stereocenters. The van der Waals surface area contributed by atoms with Crippen molar-refractivity contribution in [3.8, 4) is 0 Å². The highest BCUT2D eigenvalue weighted by Gasteiger charge is 2.04. The highest BCUT2D eigenvalue weighted by molar-refractivity contribution is 4.86. The Hall–Kier alpha value is -0.340. The second-order valence-electron chi connectivity index (χ2n) is 1.75. The van der Waals surface area contributed by atoms with Gasteiger partial charge in [0.1, 0.15) is 0 Å². The fourth-order valence-corrected chi connectivity index (χ4v) is 0.349. The largest absolute Gasteiger partial charge is 0.380 e. The topological polar surface area (TPSA) is 35.2 Å². The Balaban J connectivity index is 3.44. The number of methoxy groups -OCH3 is 1. The molecule has 0 heterocycles. The zero-order chi connectivity index (χ0) is 6.57. The van der Waals surface area contributed by atoms with Crippen LogP contribution >= 0.6 is 0 Å². The van der Waals surface area contributed by atoms with Crippen LogP contribution in [0.15, 0.2) is 12.7 Å². The lowest BCUT2D eigenvalue weighted by molar-refractivity contribution is 0.108. The Labute approximate surface area is 50.3 Å². The number of hydrogen-bond donors (Lipinski definition) is 1. The maximum absolute atomic E-state index is 5.48. The first-order chi connectivity index (χ1) is 3.72. The van der Waals surface area contributed by atoms with Gasteiger partial charge in [0.15, 0.2) is 0 Å². The summed E-state index contributed by atoms with van der Waals surface area (Å²) in [5.74, 6) is 0. The summed E-state index contributed by atoms with van der Waals surface area (Å²) in [6.07, 6.45) is 1.75. The molecule has 2 N–H and O–H groups in total. The average Bonchev–Trinajstić information content (AvgIpc) is 1.84. The summed E-state index contributed by atoms with van der Waals surface area (Å²) in [7, 11) is 1.63. The summed E-state index contributed by atoms with van der Waals surface area (Å²) >= 11 is 0. The van der Waals surface area contributed by atoms with Crippen molar-refractivity contribution in [2.45, 2.75) is 19.1 Å². The van der Waals surface area contributed by atoms with Gasteiger partial charge in [-0.25, -0.2) is 0 Å². The van der Waals surface area contributed by atoms with Crippen LogP contribution in [0.2, 0.25) is 0 Å². The van der Waals surface area contributed by atoms with Crippen molar-refractivity contribution >= 4 is 0 Å². The predicted molar refractivity (Wildman–Crippen MR) is 34.6 cm³/mol. The van der Waals surface area contributed by atoms with Crippen LogP contribution in [0.4, 0.5) is 0 Å². The van der Waals surface area contributed by atoms with Crippen LogP contribution in [-0.2, 0) is 4.74 Å². The third kappa shape index (κ3) is 2.09. The van der Waals surface area contributed by atoms with Crippen LogP contribution < -0.4 is 5.73 Å². The molecule has 0 amide bonds. The number of hydrogen-bond acceptors (Lipinski definition) is 2. The minimum Gasteiger partial charge on any atom is -0.380 e. The molecule has 0 radical (unpaired) electrons. The molecule has 48 valence electrons. The summed E-state index contributed by atoms with van der Waals surface area (Å²) < 4.78 is 4.91. The van der Waals surface area contributed by atoms with Crippen molar-refractivity contribution in [2.75, 3.05) is 7.11 Å². The third-order valence-corrected chi connectivity index (χ3v) is 1.19. The van der Waals surface area contributed by atoms with Gasteiger partial charge < -0.3 is 10.5 Å². The molecule has 0 aromatic carbocycles. The second kappa shape index (κ2) is 3.64. The summed E-state index contributed by atoms with van der Waals surface area (Å²) in [6, 6.07) is -0.0417. The summed E-state index contributed by atoms with van der Waals surface area (Å²) in [5, 5.41) is 0. The number of rotatable bonds is 3. The molecule has 2 heteroatoms. The van der Waals surface area contributed by atoms with Gasteiger partial charge in [0.25, 0.3) is 0 Å². The van der Waals surface area contributed by atoms with Gasteiger partial charge in [0, 0.05) is 13.2 Å². The Morgan fingerprint density at radius 3 is 2.38 bits per heavy atom. The molecule has 8 heavy (non-hydrogen) atoms. The van der Waals surface area contributed by atoms with Gasteiger partial charge in [-0.05, 0) is 6.92 Å². The van der Waals surface area contributed by atoms with E-state index in [1.165, 1.54) is 0 Å². The monoisotopic (exact) mass is 115 g/mol. The molecule has 0 saturated carbocycles. The maximum atomic E-state index is 5.48. The lowest BCUT2D eigenvalue weighted by atomic mass is 10.2. The van der Waals surface area contributed by atoms with Gasteiger partial charge in [-0.1, -0.05) is 6.08 Å².